The highest BCUT2D eigenvalue weighted by atomic mass is 32.2. The van der Waals surface area contributed by atoms with Crippen LogP contribution in [0, 0.1) is 5.82 Å². The Morgan fingerprint density at radius 3 is 2.45 bits per heavy atom. The van der Waals surface area contributed by atoms with E-state index in [1.54, 1.807) is 12.4 Å². The SMILES string of the molecule is O=S(=O)(c1cccc(F)c1)N1CCC(Oc2cccc(-c3cccnc3)c2)CC1. The van der Waals surface area contributed by atoms with E-state index in [4.69, 9.17) is 4.74 Å². The lowest BCUT2D eigenvalue weighted by Crippen LogP contribution is -2.41. The van der Waals surface area contributed by atoms with Gasteiger partial charge in [0.1, 0.15) is 17.7 Å². The molecule has 29 heavy (non-hydrogen) atoms. The van der Waals surface area contributed by atoms with Crippen LogP contribution in [0.25, 0.3) is 11.1 Å². The first-order valence-electron chi connectivity index (χ1n) is 9.45. The van der Waals surface area contributed by atoms with Crippen molar-refractivity contribution in [3.63, 3.8) is 0 Å². The molecule has 0 radical (unpaired) electrons. The zero-order valence-corrected chi connectivity index (χ0v) is 16.6. The van der Waals surface area contributed by atoms with E-state index in [0.29, 0.717) is 25.9 Å². The summed E-state index contributed by atoms with van der Waals surface area (Å²) in [7, 11) is -3.69. The largest absolute Gasteiger partial charge is 0.490 e. The number of sulfonamides is 1. The molecule has 1 aliphatic heterocycles. The van der Waals surface area contributed by atoms with Gasteiger partial charge in [0.2, 0.25) is 10.0 Å². The molecule has 0 spiro atoms. The molecule has 1 aromatic heterocycles. The summed E-state index contributed by atoms with van der Waals surface area (Å²) in [5.41, 5.74) is 2.02. The molecule has 0 unspecified atom stereocenters. The molecule has 1 aliphatic rings. The van der Waals surface area contributed by atoms with Gasteiger partial charge in [-0.3, -0.25) is 4.98 Å². The summed E-state index contributed by atoms with van der Waals surface area (Å²) in [4.78, 5) is 4.13. The topological polar surface area (TPSA) is 59.5 Å². The van der Waals surface area contributed by atoms with E-state index < -0.39 is 15.8 Å². The summed E-state index contributed by atoms with van der Waals surface area (Å²) in [6.07, 6.45) is 4.61. The lowest BCUT2D eigenvalue weighted by atomic mass is 10.1. The first-order chi connectivity index (χ1) is 14.0. The third-order valence-electron chi connectivity index (χ3n) is 4.97. The first-order valence-corrected chi connectivity index (χ1v) is 10.9. The second-order valence-electron chi connectivity index (χ2n) is 6.95. The fourth-order valence-electron chi connectivity index (χ4n) is 3.44. The molecular weight excluding hydrogens is 391 g/mol. The van der Waals surface area contributed by atoms with Gasteiger partial charge in [-0.25, -0.2) is 12.8 Å². The minimum atomic E-state index is -3.69. The molecule has 2 aromatic carbocycles. The van der Waals surface area contributed by atoms with Gasteiger partial charge in [0.15, 0.2) is 0 Å². The summed E-state index contributed by atoms with van der Waals surface area (Å²) in [6.45, 7) is 0.678. The fraction of sp³-hybridized carbons (Fsp3) is 0.227. The van der Waals surface area contributed by atoms with Crippen molar-refractivity contribution in [2.24, 2.45) is 0 Å². The molecule has 4 rings (SSSR count). The number of aromatic nitrogens is 1. The molecule has 0 atom stereocenters. The molecule has 1 saturated heterocycles. The van der Waals surface area contributed by atoms with Gasteiger partial charge in [-0.05, 0) is 54.8 Å². The van der Waals surface area contributed by atoms with Crippen molar-refractivity contribution in [1.29, 1.82) is 0 Å². The third-order valence-corrected chi connectivity index (χ3v) is 6.86. The Hall–Kier alpha value is -2.77. The number of hydrogen-bond acceptors (Lipinski definition) is 4. The monoisotopic (exact) mass is 412 g/mol. The Labute approximate surface area is 169 Å². The van der Waals surface area contributed by atoms with Crippen LogP contribution in [-0.2, 0) is 10.0 Å². The van der Waals surface area contributed by atoms with Crippen molar-refractivity contribution < 1.29 is 17.5 Å². The molecular formula is C22H21FN2O3S. The standard InChI is InChI=1S/C22H21FN2O3S/c23-19-6-2-8-22(15-19)29(26,27)25-12-9-20(10-13-25)28-21-7-1-4-17(14-21)18-5-3-11-24-16-18/h1-8,11,14-16,20H,9-10,12-13H2. The second-order valence-corrected chi connectivity index (χ2v) is 8.89. The van der Waals surface area contributed by atoms with E-state index in [-0.39, 0.29) is 11.0 Å². The Bertz CT molecular complexity index is 1080. The van der Waals surface area contributed by atoms with Crippen molar-refractivity contribution >= 4 is 10.0 Å². The molecule has 2 heterocycles. The van der Waals surface area contributed by atoms with Crippen LogP contribution in [0.15, 0.2) is 78.0 Å². The van der Waals surface area contributed by atoms with Gasteiger partial charge in [0.25, 0.3) is 0 Å². The summed E-state index contributed by atoms with van der Waals surface area (Å²) in [5, 5.41) is 0. The zero-order chi connectivity index (χ0) is 20.3. The molecule has 1 fully saturated rings. The minimum Gasteiger partial charge on any atom is -0.490 e. The Morgan fingerprint density at radius 2 is 1.72 bits per heavy atom. The van der Waals surface area contributed by atoms with E-state index in [2.05, 4.69) is 4.98 Å². The van der Waals surface area contributed by atoms with Crippen LogP contribution < -0.4 is 4.74 Å². The van der Waals surface area contributed by atoms with Gasteiger partial charge in [0.05, 0.1) is 4.90 Å². The van der Waals surface area contributed by atoms with E-state index >= 15 is 0 Å². The molecule has 0 N–H and O–H groups in total. The van der Waals surface area contributed by atoms with Crippen LogP contribution >= 0.6 is 0 Å². The van der Waals surface area contributed by atoms with Crippen LogP contribution in [-0.4, -0.2) is 36.9 Å². The molecule has 7 heteroatoms. The van der Waals surface area contributed by atoms with Crippen molar-refractivity contribution in [3.05, 3.63) is 78.9 Å². The molecule has 0 bridgehead atoms. The van der Waals surface area contributed by atoms with Gasteiger partial charge in [-0.2, -0.15) is 4.31 Å². The number of halogens is 1. The van der Waals surface area contributed by atoms with Crippen molar-refractivity contribution in [1.82, 2.24) is 9.29 Å². The average molecular weight is 412 g/mol. The smallest absolute Gasteiger partial charge is 0.243 e. The fourth-order valence-corrected chi connectivity index (χ4v) is 4.94. The molecule has 0 saturated carbocycles. The highest BCUT2D eigenvalue weighted by Crippen LogP contribution is 2.27. The van der Waals surface area contributed by atoms with Crippen LogP contribution in [0.4, 0.5) is 4.39 Å². The second kappa shape index (κ2) is 8.31. The van der Waals surface area contributed by atoms with Crippen molar-refractivity contribution in [3.8, 4) is 16.9 Å². The summed E-state index contributed by atoms with van der Waals surface area (Å²) >= 11 is 0. The number of ether oxygens (including phenoxy) is 1. The first kappa shape index (κ1) is 19.5. The Kier molecular flexibility index (Phi) is 5.60. The number of benzene rings is 2. The quantitative estimate of drug-likeness (QED) is 0.633. The molecule has 0 aliphatic carbocycles. The lowest BCUT2D eigenvalue weighted by molar-refractivity contribution is 0.135. The van der Waals surface area contributed by atoms with Crippen LogP contribution in [0.3, 0.4) is 0 Å². The maximum Gasteiger partial charge on any atom is 0.243 e. The summed E-state index contributed by atoms with van der Waals surface area (Å²) in [5.74, 6) is 0.190. The highest BCUT2D eigenvalue weighted by molar-refractivity contribution is 7.89. The zero-order valence-electron chi connectivity index (χ0n) is 15.7. The maximum atomic E-state index is 13.4. The molecule has 3 aromatic rings. The Morgan fingerprint density at radius 1 is 0.966 bits per heavy atom. The predicted octanol–water partition coefficient (Wildman–Crippen LogP) is 4.12. The van der Waals surface area contributed by atoms with Gasteiger partial charge in [-0.1, -0.05) is 24.3 Å². The van der Waals surface area contributed by atoms with Gasteiger partial charge in [-0.15, -0.1) is 0 Å². The average Bonchev–Trinajstić information content (AvgIpc) is 2.75. The highest BCUT2D eigenvalue weighted by Gasteiger charge is 2.30. The van der Waals surface area contributed by atoms with E-state index in [0.717, 1.165) is 22.9 Å². The van der Waals surface area contributed by atoms with E-state index in [1.807, 2.05) is 36.4 Å². The third kappa shape index (κ3) is 4.46. The van der Waals surface area contributed by atoms with Gasteiger partial charge in [0, 0.05) is 31.0 Å². The van der Waals surface area contributed by atoms with Crippen LogP contribution in [0.2, 0.25) is 0 Å². The Balaban J connectivity index is 1.41. The van der Waals surface area contributed by atoms with E-state index in [1.165, 1.54) is 22.5 Å². The number of pyridine rings is 1. The van der Waals surface area contributed by atoms with Crippen LogP contribution in [0.1, 0.15) is 12.8 Å². The predicted molar refractivity (Wildman–Crippen MR) is 108 cm³/mol. The number of rotatable bonds is 5. The normalized spacial score (nSPS) is 15.9. The molecule has 150 valence electrons. The van der Waals surface area contributed by atoms with Crippen molar-refractivity contribution in [2.45, 2.75) is 23.8 Å². The number of hydrogen-bond donors (Lipinski definition) is 0. The van der Waals surface area contributed by atoms with Crippen molar-refractivity contribution in [2.75, 3.05) is 13.1 Å². The van der Waals surface area contributed by atoms with Gasteiger partial charge < -0.3 is 4.74 Å². The summed E-state index contributed by atoms with van der Waals surface area (Å²) in [6, 6.07) is 16.8. The minimum absolute atomic E-state index is 0.0129. The number of piperidine rings is 1. The molecule has 5 nitrogen and oxygen atoms in total. The lowest BCUT2D eigenvalue weighted by Gasteiger charge is -2.31. The number of nitrogens with zero attached hydrogens (tertiary/aromatic N) is 2. The maximum absolute atomic E-state index is 13.4. The van der Waals surface area contributed by atoms with E-state index in [9.17, 15) is 12.8 Å². The van der Waals surface area contributed by atoms with Gasteiger partial charge >= 0.3 is 0 Å². The summed E-state index contributed by atoms with van der Waals surface area (Å²) < 4.78 is 46.4. The van der Waals surface area contributed by atoms with Crippen LogP contribution in [0.5, 0.6) is 5.75 Å². The molecule has 0 amide bonds.